The predicted molar refractivity (Wildman–Crippen MR) is 74.0 cm³/mol. The Kier molecular flexibility index (Phi) is 4.48. The summed E-state index contributed by atoms with van der Waals surface area (Å²) >= 11 is 1.42. The van der Waals surface area contributed by atoms with Crippen molar-refractivity contribution in [2.24, 2.45) is 0 Å². The molecule has 0 aromatic heterocycles. The van der Waals surface area contributed by atoms with Gasteiger partial charge in [0.25, 0.3) is 0 Å². The number of nitriles is 1. The maximum absolute atomic E-state index is 12.0. The number of carboxylic acids is 1. The minimum absolute atomic E-state index is 0.266. The molecule has 1 aromatic carbocycles. The minimum atomic E-state index is -0.989. The second-order valence-corrected chi connectivity index (χ2v) is 5.29. The summed E-state index contributed by atoms with van der Waals surface area (Å²) in [5.41, 5.74) is 1.33. The van der Waals surface area contributed by atoms with Gasteiger partial charge in [-0.15, -0.1) is 11.8 Å². The first-order valence-corrected chi connectivity index (χ1v) is 7.11. The van der Waals surface area contributed by atoms with Gasteiger partial charge in [0.05, 0.1) is 17.5 Å². The zero-order chi connectivity index (χ0) is 14.5. The number of carbonyl (C=O) groups is 2. The van der Waals surface area contributed by atoms with E-state index < -0.39 is 18.0 Å². The molecule has 2 amide bonds. The number of amides is 2. The van der Waals surface area contributed by atoms with Crippen molar-refractivity contribution < 1.29 is 14.7 Å². The van der Waals surface area contributed by atoms with Gasteiger partial charge in [0.1, 0.15) is 6.04 Å². The molecule has 1 saturated heterocycles. The average molecular weight is 291 g/mol. The number of nitrogens with one attached hydrogen (secondary N) is 1. The monoisotopic (exact) mass is 291 g/mol. The van der Waals surface area contributed by atoms with E-state index in [1.54, 1.807) is 24.3 Å². The first-order valence-electron chi connectivity index (χ1n) is 5.96. The molecule has 0 spiro atoms. The fourth-order valence-electron chi connectivity index (χ4n) is 1.88. The van der Waals surface area contributed by atoms with Gasteiger partial charge >= 0.3 is 12.0 Å². The number of aliphatic carboxylic acids is 1. The van der Waals surface area contributed by atoms with E-state index >= 15 is 0 Å². The van der Waals surface area contributed by atoms with Crippen LogP contribution in [0.5, 0.6) is 0 Å². The van der Waals surface area contributed by atoms with Gasteiger partial charge in [-0.05, 0) is 17.7 Å². The van der Waals surface area contributed by atoms with E-state index in [9.17, 15) is 9.59 Å². The van der Waals surface area contributed by atoms with E-state index in [-0.39, 0.29) is 6.54 Å². The quantitative estimate of drug-likeness (QED) is 0.873. The lowest BCUT2D eigenvalue weighted by atomic mass is 10.1. The summed E-state index contributed by atoms with van der Waals surface area (Å²) in [7, 11) is 0. The Hall–Kier alpha value is -2.20. The van der Waals surface area contributed by atoms with Gasteiger partial charge in [0, 0.05) is 12.3 Å². The molecule has 20 heavy (non-hydrogen) atoms. The largest absolute Gasteiger partial charge is 0.480 e. The molecule has 1 aromatic rings. The Labute approximate surface area is 120 Å². The highest BCUT2D eigenvalue weighted by Gasteiger charge is 2.34. The average Bonchev–Trinajstić information content (AvgIpc) is 2.94. The number of carbonyl (C=O) groups excluding carboxylic acids is 1. The van der Waals surface area contributed by atoms with Crippen molar-refractivity contribution in [1.29, 1.82) is 5.26 Å². The van der Waals surface area contributed by atoms with Crippen LogP contribution in [0.1, 0.15) is 11.1 Å². The summed E-state index contributed by atoms with van der Waals surface area (Å²) in [4.78, 5) is 24.3. The van der Waals surface area contributed by atoms with E-state index in [1.165, 1.54) is 16.7 Å². The summed E-state index contributed by atoms with van der Waals surface area (Å²) in [5, 5.41) is 20.5. The third kappa shape index (κ3) is 3.22. The Bertz CT molecular complexity index is 570. The molecule has 104 valence electrons. The number of urea groups is 1. The molecule has 1 aliphatic heterocycles. The van der Waals surface area contributed by atoms with Crippen LogP contribution in [0.4, 0.5) is 4.79 Å². The molecule has 0 bridgehead atoms. The van der Waals surface area contributed by atoms with Crippen LogP contribution in [0.3, 0.4) is 0 Å². The molecule has 6 nitrogen and oxygen atoms in total. The maximum atomic E-state index is 12.0. The lowest BCUT2D eigenvalue weighted by Gasteiger charge is -2.20. The molecule has 0 aliphatic carbocycles. The van der Waals surface area contributed by atoms with Crippen LogP contribution < -0.4 is 5.32 Å². The molecule has 2 rings (SSSR count). The van der Waals surface area contributed by atoms with Crippen molar-refractivity contribution in [3.8, 4) is 6.07 Å². The van der Waals surface area contributed by atoms with Crippen molar-refractivity contribution in [3.63, 3.8) is 0 Å². The van der Waals surface area contributed by atoms with Gasteiger partial charge in [-0.2, -0.15) is 5.26 Å². The van der Waals surface area contributed by atoms with Gasteiger partial charge in [0.15, 0.2) is 0 Å². The third-order valence-electron chi connectivity index (χ3n) is 2.93. The number of rotatable bonds is 3. The summed E-state index contributed by atoms with van der Waals surface area (Å²) in [5.74, 6) is -0.204. The molecular weight excluding hydrogens is 278 g/mol. The predicted octanol–water partition coefficient (Wildman–Crippen LogP) is 1.23. The molecule has 0 radical (unpaired) electrons. The fourth-order valence-corrected chi connectivity index (χ4v) is 3.02. The van der Waals surface area contributed by atoms with Crippen molar-refractivity contribution in [1.82, 2.24) is 10.2 Å². The molecular formula is C13H13N3O3S. The van der Waals surface area contributed by atoms with E-state index in [0.717, 1.165) is 5.56 Å². The normalized spacial score (nSPS) is 17.6. The van der Waals surface area contributed by atoms with Crippen LogP contribution in [-0.2, 0) is 11.3 Å². The van der Waals surface area contributed by atoms with Crippen LogP contribution in [0.15, 0.2) is 24.3 Å². The standard InChI is InChI=1S/C13H13N3O3S/c14-5-9-2-1-3-10(4-9)6-15-13(19)16-8-20-7-11(16)12(17)18/h1-4,11H,6-8H2,(H,15,19)(H,17,18). The fraction of sp³-hybridized carbons (Fsp3) is 0.308. The number of nitrogens with zero attached hydrogens (tertiary/aromatic N) is 2. The lowest BCUT2D eigenvalue weighted by Crippen LogP contribution is -2.46. The van der Waals surface area contributed by atoms with E-state index in [2.05, 4.69) is 5.32 Å². The SMILES string of the molecule is N#Cc1cccc(CNC(=O)N2CSCC2C(=O)O)c1. The van der Waals surface area contributed by atoms with Gasteiger partial charge in [-0.1, -0.05) is 12.1 Å². The minimum Gasteiger partial charge on any atom is -0.480 e. The Morgan fingerprint density at radius 3 is 3.05 bits per heavy atom. The van der Waals surface area contributed by atoms with Gasteiger partial charge in [-0.3, -0.25) is 0 Å². The molecule has 2 N–H and O–H groups in total. The molecule has 1 atom stereocenters. The van der Waals surface area contributed by atoms with Crippen LogP contribution in [0.25, 0.3) is 0 Å². The third-order valence-corrected chi connectivity index (χ3v) is 3.94. The van der Waals surface area contributed by atoms with E-state index in [4.69, 9.17) is 10.4 Å². The highest BCUT2D eigenvalue weighted by atomic mass is 32.2. The second kappa shape index (κ2) is 6.30. The summed E-state index contributed by atoms with van der Waals surface area (Å²) in [6.45, 7) is 0.266. The molecule has 1 unspecified atom stereocenters. The molecule has 7 heteroatoms. The lowest BCUT2D eigenvalue weighted by molar-refractivity contribution is -0.140. The second-order valence-electron chi connectivity index (χ2n) is 4.29. The smallest absolute Gasteiger partial charge is 0.327 e. The Morgan fingerprint density at radius 2 is 2.35 bits per heavy atom. The number of benzene rings is 1. The zero-order valence-corrected chi connectivity index (χ0v) is 11.4. The highest BCUT2D eigenvalue weighted by Crippen LogP contribution is 2.21. The molecule has 1 aliphatic rings. The summed E-state index contributed by atoms with van der Waals surface area (Å²) in [6.07, 6.45) is 0. The first kappa shape index (κ1) is 14.2. The number of hydrogen-bond donors (Lipinski definition) is 2. The van der Waals surface area contributed by atoms with Crippen LogP contribution in [-0.4, -0.2) is 39.7 Å². The summed E-state index contributed by atoms with van der Waals surface area (Å²) < 4.78 is 0. The van der Waals surface area contributed by atoms with E-state index in [0.29, 0.717) is 17.2 Å². The van der Waals surface area contributed by atoms with Crippen LogP contribution in [0, 0.1) is 11.3 Å². The van der Waals surface area contributed by atoms with E-state index in [1.807, 2.05) is 6.07 Å². The Morgan fingerprint density at radius 1 is 1.55 bits per heavy atom. The number of carboxylic acid groups (broad SMARTS) is 1. The number of thioether (sulfide) groups is 1. The number of hydrogen-bond acceptors (Lipinski definition) is 4. The zero-order valence-electron chi connectivity index (χ0n) is 10.6. The van der Waals surface area contributed by atoms with Crippen molar-refractivity contribution in [3.05, 3.63) is 35.4 Å². The first-order chi connectivity index (χ1) is 9.61. The molecule has 0 saturated carbocycles. The van der Waals surface area contributed by atoms with Crippen molar-refractivity contribution in [2.75, 3.05) is 11.6 Å². The highest BCUT2D eigenvalue weighted by molar-refractivity contribution is 7.99. The van der Waals surface area contributed by atoms with Crippen LogP contribution in [0.2, 0.25) is 0 Å². The summed E-state index contributed by atoms with van der Waals surface area (Å²) in [6, 6.07) is 7.77. The molecule has 1 heterocycles. The topological polar surface area (TPSA) is 93.4 Å². The van der Waals surface area contributed by atoms with Gasteiger partial charge in [0.2, 0.25) is 0 Å². The Balaban J connectivity index is 1.95. The van der Waals surface area contributed by atoms with Gasteiger partial charge < -0.3 is 15.3 Å². The maximum Gasteiger partial charge on any atom is 0.327 e. The van der Waals surface area contributed by atoms with Gasteiger partial charge in [-0.25, -0.2) is 9.59 Å². The molecule has 1 fully saturated rings. The van der Waals surface area contributed by atoms with Crippen LogP contribution >= 0.6 is 11.8 Å². The van der Waals surface area contributed by atoms with Crippen molar-refractivity contribution in [2.45, 2.75) is 12.6 Å². The van der Waals surface area contributed by atoms with Crippen molar-refractivity contribution >= 4 is 23.8 Å².